The van der Waals surface area contributed by atoms with Gasteiger partial charge in [0.25, 0.3) is 0 Å². The Balaban J connectivity index is 1.81. The van der Waals surface area contributed by atoms with Gasteiger partial charge < -0.3 is 9.72 Å². The summed E-state index contributed by atoms with van der Waals surface area (Å²) in [6.45, 7) is 3.28. The summed E-state index contributed by atoms with van der Waals surface area (Å²) in [4.78, 5) is 15.9. The fourth-order valence-electron chi connectivity index (χ4n) is 2.89. The third kappa shape index (κ3) is 1.98. The average Bonchev–Trinajstić information content (AvgIpc) is 3.11. The Morgan fingerprint density at radius 3 is 2.86 bits per heavy atom. The number of carbonyl (C=O) groups is 1. The van der Waals surface area contributed by atoms with Crippen molar-refractivity contribution in [3.05, 3.63) is 70.4 Å². The molecule has 0 radical (unpaired) electrons. The SMILES string of the molecule is Cc1ccc2[nH]cc(C(=O)c3ccc4c(c3)COC4)c2c1. The zero-order chi connectivity index (χ0) is 14.4. The van der Waals surface area contributed by atoms with Crippen molar-refractivity contribution in [2.24, 2.45) is 0 Å². The lowest BCUT2D eigenvalue weighted by atomic mass is 9.98. The van der Waals surface area contributed by atoms with Gasteiger partial charge in [-0.1, -0.05) is 23.8 Å². The van der Waals surface area contributed by atoms with Crippen LogP contribution in [0.5, 0.6) is 0 Å². The molecule has 0 unspecified atom stereocenters. The van der Waals surface area contributed by atoms with E-state index in [4.69, 9.17) is 4.74 Å². The van der Waals surface area contributed by atoms with Crippen LogP contribution in [0.3, 0.4) is 0 Å². The molecule has 1 aliphatic heterocycles. The summed E-state index contributed by atoms with van der Waals surface area (Å²) in [7, 11) is 0. The number of fused-ring (bicyclic) bond motifs is 2. The minimum Gasteiger partial charge on any atom is -0.372 e. The molecule has 0 spiro atoms. The smallest absolute Gasteiger partial charge is 0.195 e. The molecule has 0 saturated carbocycles. The second-order valence-electron chi connectivity index (χ2n) is 5.56. The van der Waals surface area contributed by atoms with E-state index in [0.717, 1.165) is 33.2 Å². The molecular formula is C18H15NO2. The van der Waals surface area contributed by atoms with Crippen LogP contribution in [-0.4, -0.2) is 10.8 Å². The summed E-state index contributed by atoms with van der Waals surface area (Å²) >= 11 is 0. The molecular weight excluding hydrogens is 262 g/mol. The van der Waals surface area contributed by atoms with Crippen LogP contribution in [0, 0.1) is 6.92 Å². The number of H-pyrrole nitrogens is 1. The lowest BCUT2D eigenvalue weighted by molar-refractivity contribution is 0.104. The third-order valence-corrected chi connectivity index (χ3v) is 4.07. The fourth-order valence-corrected chi connectivity index (χ4v) is 2.89. The molecule has 3 nitrogen and oxygen atoms in total. The van der Waals surface area contributed by atoms with E-state index in [-0.39, 0.29) is 5.78 Å². The predicted octanol–water partition coefficient (Wildman–Crippen LogP) is 3.74. The Bertz CT molecular complexity index is 861. The number of hydrogen-bond donors (Lipinski definition) is 1. The maximum atomic E-state index is 12.8. The normalized spacial score (nSPS) is 13.6. The highest BCUT2D eigenvalue weighted by atomic mass is 16.5. The van der Waals surface area contributed by atoms with Crippen molar-refractivity contribution in [2.75, 3.05) is 0 Å². The Hall–Kier alpha value is -2.39. The van der Waals surface area contributed by atoms with Crippen molar-refractivity contribution in [3.63, 3.8) is 0 Å². The summed E-state index contributed by atoms with van der Waals surface area (Å²) in [5.41, 5.74) is 5.90. The summed E-state index contributed by atoms with van der Waals surface area (Å²) in [5.74, 6) is 0.0570. The van der Waals surface area contributed by atoms with Gasteiger partial charge >= 0.3 is 0 Å². The molecule has 0 bridgehead atoms. The predicted molar refractivity (Wildman–Crippen MR) is 81.4 cm³/mol. The van der Waals surface area contributed by atoms with Crippen LogP contribution in [0.25, 0.3) is 10.9 Å². The van der Waals surface area contributed by atoms with Crippen molar-refractivity contribution >= 4 is 16.7 Å². The maximum absolute atomic E-state index is 12.8. The maximum Gasteiger partial charge on any atom is 0.195 e. The Kier molecular flexibility index (Phi) is 2.69. The summed E-state index contributed by atoms with van der Waals surface area (Å²) in [5, 5.41) is 0.983. The van der Waals surface area contributed by atoms with E-state index in [1.807, 2.05) is 37.3 Å². The van der Waals surface area contributed by atoms with Gasteiger partial charge in [-0.05, 0) is 36.2 Å². The Labute approximate surface area is 122 Å². The number of aromatic amines is 1. The second kappa shape index (κ2) is 4.57. The monoisotopic (exact) mass is 277 g/mol. The minimum absolute atomic E-state index is 0.0570. The van der Waals surface area contributed by atoms with Crippen molar-refractivity contribution in [1.82, 2.24) is 4.98 Å². The average molecular weight is 277 g/mol. The number of carbonyl (C=O) groups excluding carboxylic acids is 1. The topological polar surface area (TPSA) is 42.1 Å². The zero-order valence-corrected chi connectivity index (χ0v) is 11.8. The van der Waals surface area contributed by atoms with E-state index in [1.165, 1.54) is 5.56 Å². The number of benzene rings is 2. The molecule has 1 aromatic heterocycles. The molecule has 3 aromatic rings. The molecule has 1 aliphatic rings. The van der Waals surface area contributed by atoms with Gasteiger partial charge in [0.05, 0.1) is 13.2 Å². The molecule has 104 valence electrons. The van der Waals surface area contributed by atoms with Crippen LogP contribution in [0.4, 0.5) is 0 Å². The van der Waals surface area contributed by atoms with E-state index in [9.17, 15) is 4.79 Å². The number of nitrogens with one attached hydrogen (secondary N) is 1. The van der Waals surface area contributed by atoms with Gasteiger partial charge in [-0.25, -0.2) is 0 Å². The van der Waals surface area contributed by atoms with Crippen molar-refractivity contribution < 1.29 is 9.53 Å². The van der Waals surface area contributed by atoms with E-state index < -0.39 is 0 Å². The highest BCUT2D eigenvalue weighted by molar-refractivity contribution is 6.16. The van der Waals surface area contributed by atoms with E-state index in [0.29, 0.717) is 13.2 Å². The van der Waals surface area contributed by atoms with Gasteiger partial charge in [0, 0.05) is 28.2 Å². The van der Waals surface area contributed by atoms with Gasteiger partial charge in [0.15, 0.2) is 5.78 Å². The van der Waals surface area contributed by atoms with E-state index >= 15 is 0 Å². The van der Waals surface area contributed by atoms with Crippen LogP contribution in [0.15, 0.2) is 42.6 Å². The Morgan fingerprint density at radius 1 is 1.10 bits per heavy atom. The molecule has 1 N–H and O–H groups in total. The van der Waals surface area contributed by atoms with Crippen molar-refractivity contribution in [2.45, 2.75) is 20.1 Å². The molecule has 3 heteroatoms. The zero-order valence-electron chi connectivity index (χ0n) is 11.8. The number of ketones is 1. The Morgan fingerprint density at radius 2 is 1.95 bits per heavy atom. The molecule has 4 rings (SSSR count). The van der Waals surface area contributed by atoms with E-state index in [1.54, 1.807) is 6.20 Å². The molecule has 0 atom stereocenters. The van der Waals surface area contributed by atoms with Crippen LogP contribution >= 0.6 is 0 Å². The summed E-state index contributed by atoms with van der Waals surface area (Å²) in [6.07, 6.45) is 1.80. The second-order valence-corrected chi connectivity index (χ2v) is 5.56. The molecule has 2 aromatic carbocycles. The first kappa shape index (κ1) is 12.4. The number of rotatable bonds is 2. The molecule has 21 heavy (non-hydrogen) atoms. The molecule has 0 fully saturated rings. The lowest BCUT2D eigenvalue weighted by Gasteiger charge is -2.03. The lowest BCUT2D eigenvalue weighted by Crippen LogP contribution is -2.01. The minimum atomic E-state index is 0.0570. The quantitative estimate of drug-likeness (QED) is 0.725. The first-order valence-corrected chi connectivity index (χ1v) is 7.04. The number of aryl methyl sites for hydroxylation is 1. The standard InChI is InChI=1S/C18H15NO2/c1-11-2-5-17-15(6-11)16(8-19-17)18(20)12-3-4-13-9-21-10-14(13)7-12/h2-8,19H,9-10H2,1H3. The van der Waals surface area contributed by atoms with Gasteiger partial charge in [0.2, 0.25) is 0 Å². The van der Waals surface area contributed by atoms with Gasteiger partial charge in [-0.15, -0.1) is 0 Å². The van der Waals surface area contributed by atoms with E-state index in [2.05, 4.69) is 11.1 Å². The molecule has 0 saturated heterocycles. The first-order chi connectivity index (χ1) is 10.2. The molecule has 2 heterocycles. The summed E-state index contributed by atoms with van der Waals surface area (Å²) < 4.78 is 5.41. The first-order valence-electron chi connectivity index (χ1n) is 7.04. The van der Waals surface area contributed by atoms with Crippen LogP contribution < -0.4 is 0 Å². The van der Waals surface area contributed by atoms with Gasteiger partial charge in [0.1, 0.15) is 0 Å². The number of ether oxygens (including phenoxy) is 1. The highest BCUT2D eigenvalue weighted by Gasteiger charge is 2.17. The van der Waals surface area contributed by atoms with Crippen LogP contribution in [0.1, 0.15) is 32.6 Å². The number of hydrogen-bond acceptors (Lipinski definition) is 2. The van der Waals surface area contributed by atoms with Crippen molar-refractivity contribution in [1.29, 1.82) is 0 Å². The number of aromatic nitrogens is 1. The van der Waals surface area contributed by atoms with Crippen LogP contribution in [0.2, 0.25) is 0 Å². The molecule has 0 amide bonds. The van der Waals surface area contributed by atoms with Gasteiger partial charge in [-0.3, -0.25) is 4.79 Å². The van der Waals surface area contributed by atoms with Crippen LogP contribution in [-0.2, 0) is 18.0 Å². The molecule has 0 aliphatic carbocycles. The van der Waals surface area contributed by atoms with Gasteiger partial charge in [-0.2, -0.15) is 0 Å². The fraction of sp³-hybridized carbons (Fsp3) is 0.167. The third-order valence-electron chi connectivity index (χ3n) is 4.07. The van der Waals surface area contributed by atoms with Crippen molar-refractivity contribution in [3.8, 4) is 0 Å². The highest BCUT2D eigenvalue weighted by Crippen LogP contribution is 2.25. The summed E-state index contributed by atoms with van der Waals surface area (Å²) in [6, 6.07) is 12.0. The largest absolute Gasteiger partial charge is 0.372 e.